The summed E-state index contributed by atoms with van der Waals surface area (Å²) in [6.45, 7) is 2.93. The van der Waals surface area contributed by atoms with Crippen molar-refractivity contribution in [2.45, 2.75) is 19.8 Å². The molecule has 90 valence electrons. The number of Topliss-reactive ketones (excluding diaryl/α,β-unsaturated/α-hetero) is 1. The van der Waals surface area contributed by atoms with Gasteiger partial charge in [0.05, 0.1) is 0 Å². The molecular formula is C13H14ClNO2. The van der Waals surface area contributed by atoms with Crippen LogP contribution in [0.5, 0.6) is 0 Å². The van der Waals surface area contributed by atoms with Gasteiger partial charge >= 0.3 is 0 Å². The summed E-state index contributed by atoms with van der Waals surface area (Å²) in [5.41, 5.74) is 1.53. The van der Waals surface area contributed by atoms with Gasteiger partial charge in [-0.1, -0.05) is 11.6 Å². The summed E-state index contributed by atoms with van der Waals surface area (Å²) in [6.07, 6.45) is 0.941. The molecule has 0 aromatic heterocycles. The van der Waals surface area contributed by atoms with Crippen LogP contribution in [-0.4, -0.2) is 29.7 Å². The number of carbonyl (C=O) groups excluding carboxylic acids is 2. The highest BCUT2D eigenvalue weighted by atomic mass is 35.5. The van der Waals surface area contributed by atoms with E-state index in [2.05, 4.69) is 0 Å². The minimum Gasteiger partial charge on any atom is -0.338 e. The SMILES string of the molecule is Cc1cc(C(=O)N2CCC(=O)CC2)ccc1Cl. The van der Waals surface area contributed by atoms with Crippen LogP contribution in [0.1, 0.15) is 28.8 Å². The van der Waals surface area contributed by atoms with Gasteiger partial charge in [0.2, 0.25) is 0 Å². The van der Waals surface area contributed by atoms with Gasteiger partial charge in [0.1, 0.15) is 5.78 Å². The van der Waals surface area contributed by atoms with E-state index in [1.54, 1.807) is 23.1 Å². The molecule has 0 unspecified atom stereocenters. The maximum atomic E-state index is 12.1. The molecule has 1 aromatic carbocycles. The smallest absolute Gasteiger partial charge is 0.253 e. The largest absolute Gasteiger partial charge is 0.338 e. The van der Waals surface area contributed by atoms with E-state index in [9.17, 15) is 9.59 Å². The number of carbonyl (C=O) groups is 2. The first-order valence-corrected chi connectivity index (χ1v) is 6.03. The summed E-state index contributed by atoms with van der Waals surface area (Å²) >= 11 is 5.92. The zero-order chi connectivity index (χ0) is 12.4. The zero-order valence-electron chi connectivity index (χ0n) is 9.70. The average molecular weight is 252 g/mol. The second kappa shape index (κ2) is 4.88. The molecule has 1 saturated heterocycles. The number of nitrogens with zero attached hydrogens (tertiary/aromatic N) is 1. The Morgan fingerprint density at radius 3 is 2.53 bits per heavy atom. The van der Waals surface area contributed by atoms with E-state index in [1.165, 1.54) is 0 Å². The van der Waals surface area contributed by atoms with Gasteiger partial charge in [0.15, 0.2) is 0 Å². The van der Waals surface area contributed by atoms with Crippen molar-refractivity contribution in [3.8, 4) is 0 Å². The van der Waals surface area contributed by atoms with Gasteiger partial charge in [-0.05, 0) is 30.7 Å². The first kappa shape index (κ1) is 12.1. The number of likely N-dealkylation sites (tertiary alicyclic amines) is 1. The second-order valence-electron chi connectivity index (χ2n) is 4.29. The molecule has 4 heteroatoms. The van der Waals surface area contributed by atoms with Crippen molar-refractivity contribution in [3.63, 3.8) is 0 Å². The van der Waals surface area contributed by atoms with Crippen LogP contribution < -0.4 is 0 Å². The number of benzene rings is 1. The number of hydrogen-bond donors (Lipinski definition) is 0. The van der Waals surface area contributed by atoms with E-state index >= 15 is 0 Å². The Hall–Kier alpha value is -1.35. The summed E-state index contributed by atoms with van der Waals surface area (Å²) in [4.78, 5) is 25.0. The predicted molar refractivity (Wildman–Crippen MR) is 66.3 cm³/mol. The summed E-state index contributed by atoms with van der Waals surface area (Å²) in [6, 6.07) is 5.26. The lowest BCUT2D eigenvalue weighted by Crippen LogP contribution is -2.38. The molecule has 1 amide bonds. The number of amides is 1. The van der Waals surface area contributed by atoms with Gasteiger partial charge < -0.3 is 4.90 Å². The van der Waals surface area contributed by atoms with E-state index in [4.69, 9.17) is 11.6 Å². The Morgan fingerprint density at radius 2 is 1.94 bits per heavy atom. The fourth-order valence-corrected chi connectivity index (χ4v) is 2.04. The number of rotatable bonds is 1. The number of halogens is 1. The summed E-state index contributed by atoms with van der Waals surface area (Å²) in [5.74, 6) is 0.221. The molecule has 17 heavy (non-hydrogen) atoms. The lowest BCUT2D eigenvalue weighted by Gasteiger charge is -2.26. The molecule has 2 rings (SSSR count). The van der Waals surface area contributed by atoms with Crippen molar-refractivity contribution in [3.05, 3.63) is 34.3 Å². The van der Waals surface area contributed by atoms with Crippen molar-refractivity contribution in [1.82, 2.24) is 4.90 Å². The van der Waals surface area contributed by atoms with Gasteiger partial charge in [-0.2, -0.15) is 0 Å². The molecule has 1 aromatic rings. The fourth-order valence-electron chi connectivity index (χ4n) is 1.92. The molecule has 0 atom stereocenters. The van der Waals surface area contributed by atoms with Crippen LogP contribution in [0.15, 0.2) is 18.2 Å². The van der Waals surface area contributed by atoms with Gasteiger partial charge in [-0.3, -0.25) is 9.59 Å². The Morgan fingerprint density at radius 1 is 1.29 bits per heavy atom. The van der Waals surface area contributed by atoms with Crippen LogP contribution in [0.25, 0.3) is 0 Å². The minimum atomic E-state index is -0.0164. The van der Waals surface area contributed by atoms with Crippen LogP contribution in [0, 0.1) is 6.92 Å². The van der Waals surface area contributed by atoms with Crippen LogP contribution in [0.4, 0.5) is 0 Å². The van der Waals surface area contributed by atoms with Crippen LogP contribution in [0.2, 0.25) is 5.02 Å². The fraction of sp³-hybridized carbons (Fsp3) is 0.385. The normalized spacial score (nSPS) is 16.1. The van der Waals surface area contributed by atoms with E-state index in [0.29, 0.717) is 36.5 Å². The van der Waals surface area contributed by atoms with E-state index < -0.39 is 0 Å². The van der Waals surface area contributed by atoms with E-state index in [0.717, 1.165) is 5.56 Å². The highest BCUT2D eigenvalue weighted by molar-refractivity contribution is 6.31. The number of aryl methyl sites for hydroxylation is 1. The highest BCUT2D eigenvalue weighted by Gasteiger charge is 2.21. The standard InChI is InChI=1S/C13H14ClNO2/c1-9-8-10(2-3-12(9)14)13(17)15-6-4-11(16)5-7-15/h2-3,8H,4-7H2,1H3. The molecule has 1 aliphatic rings. The molecule has 0 bridgehead atoms. The molecule has 0 saturated carbocycles. The molecule has 0 radical (unpaired) electrons. The van der Waals surface area contributed by atoms with Crippen molar-refractivity contribution in [2.24, 2.45) is 0 Å². The van der Waals surface area contributed by atoms with E-state index in [1.807, 2.05) is 6.92 Å². The van der Waals surface area contributed by atoms with Gasteiger partial charge in [0, 0.05) is 36.5 Å². The monoisotopic (exact) mass is 251 g/mol. The molecule has 1 heterocycles. The number of piperidine rings is 1. The van der Waals surface area contributed by atoms with Gasteiger partial charge in [0.25, 0.3) is 5.91 Å². The molecular weight excluding hydrogens is 238 g/mol. The maximum Gasteiger partial charge on any atom is 0.253 e. The quantitative estimate of drug-likeness (QED) is 0.769. The molecule has 0 spiro atoms. The average Bonchev–Trinajstić information content (AvgIpc) is 2.33. The third-order valence-electron chi connectivity index (χ3n) is 3.01. The Kier molecular flexibility index (Phi) is 3.48. The lowest BCUT2D eigenvalue weighted by atomic mass is 10.1. The van der Waals surface area contributed by atoms with Crippen molar-refractivity contribution in [2.75, 3.05) is 13.1 Å². The molecule has 0 N–H and O–H groups in total. The Bertz CT molecular complexity index is 460. The minimum absolute atomic E-state index is 0.0164. The first-order chi connectivity index (χ1) is 8.08. The van der Waals surface area contributed by atoms with Crippen LogP contribution in [-0.2, 0) is 4.79 Å². The summed E-state index contributed by atoms with van der Waals surface area (Å²) < 4.78 is 0. The lowest BCUT2D eigenvalue weighted by molar-refractivity contribution is -0.120. The summed E-state index contributed by atoms with van der Waals surface area (Å²) in [5, 5.41) is 0.662. The van der Waals surface area contributed by atoms with Crippen molar-refractivity contribution in [1.29, 1.82) is 0 Å². The third-order valence-corrected chi connectivity index (χ3v) is 3.44. The van der Waals surface area contributed by atoms with Crippen LogP contribution >= 0.6 is 11.6 Å². The second-order valence-corrected chi connectivity index (χ2v) is 4.70. The Labute approximate surface area is 105 Å². The maximum absolute atomic E-state index is 12.1. The molecule has 1 fully saturated rings. The molecule has 1 aliphatic heterocycles. The topological polar surface area (TPSA) is 37.4 Å². The molecule has 0 aliphatic carbocycles. The highest BCUT2D eigenvalue weighted by Crippen LogP contribution is 2.18. The molecule has 3 nitrogen and oxygen atoms in total. The summed E-state index contributed by atoms with van der Waals surface area (Å²) in [7, 11) is 0. The number of hydrogen-bond acceptors (Lipinski definition) is 2. The zero-order valence-corrected chi connectivity index (χ0v) is 10.5. The van der Waals surface area contributed by atoms with Crippen molar-refractivity contribution < 1.29 is 9.59 Å². The Balaban J connectivity index is 2.14. The van der Waals surface area contributed by atoms with Crippen molar-refractivity contribution >= 4 is 23.3 Å². The number of ketones is 1. The van der Waals surface area contributed by atoms with E-state index in [-0.39, 0.29) is 11.7 Å². The first-order valence-electron chi connectivity index (χ1n) is 5.65. The van der Waals surface area contributed by atoms with Crippen LogP contribution in [0.3, 0.4) is 0 Å². The predicted octanol–water partition coefficient (Wildman–Crippen LogP) is 2.45. The van der Waals surface area contributed by atoms with Gasteiger partial charge in [-0.15, -0.1) is 0 Å². The third kappa shape index (κ3) is 2.67. The van der Waals surface area contributed by atoms with Gasteiger partial charge in [-0.25, -0.2) is 0 Å².